The number of Topliss-reactive ketones (excluding diaryl/α,β-unsaturated/α-hetero) is 1. The Labute approximate surface area is 166 Å². The number of rotatable bonds is 4. The number of carbonyl (C=O) groups excluding carboxylic acids is 2. The number of hydrogen-bond acceptors (Lipinski definition) is 5. The molecule has 1 aliphatic heterocycles. The number of nitrogens with zero attached hydrogens (tertiary/aromatic N) is 1. The highest BCUT2D eigenvalue weighted by Gasteiger charge is 2.41. The first kappa shape index (κ1) is 24.0. The molecule has 10 heteroatoms. The van der Waals surface area contributed by atoms with Crippen LogP contribution in [0.5, 0.6) is 0 Å². The molecule has 1 heterocycles. The summed E-state index contributed by atoms with van der Waals surface area (Å²) < 4.78 is 31.7. The molecule has 1 fully saturated rings. The summed E-state index contributed by atoms with van der Waals surface area (Å²) in [6.07, 6.45) is -3.78. The Morgan fingerprint density at radius 2 is 1.68 bits per heavy atom. The SMILES string of the molecule is CC(=O)C1(c2ccccc2)CCN(C(=O)[C@@H](N)CS)CC1.O=C(O)C(F)(F)F. The fourth-order valence-corrected chi connectivity index (χ4v) is 3.18. The summed E-state index contributed by atoms with van der Waals surface area (Å²) in [4.78, 5) is 35.0. The van der Waals surface area contributed by atoms with E-state index in [1.165, 1.54) is 0 Å². The molecular weight excluding hydrogens is 397 g/mol. The highest BCUT2D eigenvalue weighted by molar-refractivity contribution is 7.80. The van der Waals surface area contributed by atoms with Crippen LogP contribution in [0.15, 0.2) is 30.3 Å². The summed E-state index contributed by atoms with van der Waals surface area (Å²) in [7, 11) is 0. The molecule has 28 heavy (non-hydrogen) atoms. The van der Waals surface area contributed by atoms with Gasteiger partial charge >= 0.3 is 12.1 Å². The molecule has 1 atom stereocenters. The van der Waals surface area contributed by atoms with E-state index in [4.69, 9.17) is 15.6 Å². The Balaban J connectivity index is 0.000000480. The van der Waals surface area contributed by atoms with Crippen molar-refractivity contribution in [2.45, 2.75) is 37.4 Å². The number of amides is 1. The van der Waals surface area contributed by atoms with Crippen LogP contribution in [0, 0.1) is 0 Å². The van der Waals surface area contributed by atoms with Crippen molar-refractivity contribution in [2.24, 2.45) is 5.73 Å². The topological polar surface area (TPSA) is 101 Å². The van der Waals surface area contributed by atoms with E-state index in [2.05, 4.69) is 12.6 Å². The fraction of sp³-hybridized carbons (Fsp3) is 0.500. The number of nitrogens with two attached hydrogens (primary N) is 1. The van der Waals surface area contributed by atoms with Crippen LogP contribution >= 0.6 is 12.6 Å². The van der Waals surface area contributed by atoms with E-state index in [-0.39, 0.29) is 11.7 Å². The van der Waals surface area contributed by atoms with Gasteiger partial charge in [0.05, 0.1) is 11.5 Å². The van der Waals surface area contributed by atoms with Crippen LogP contribution in [0.4, 0.5) is 13.2 Å². The van der Waals surface area contributed by atoms with Gasteiger partial charge in [0.15, 0.2) is 0 Å². The second-order valence-electron chi connectivity index (χ2n) is 6.42. The molecule has 0 saturated carbocycles. The van der Waals surface area contributed by atoms with Crippen molar-refractivity contribution in [1.29, 1.82) is 0 Å². The van der Waals surface area contributed by atoms with Crippen LogP contribution in [0.25, 0.3) is 0 Å². The number of benzene rings is 1. The minimum absolute atomic E-state index is 0.0739. The Morgan fingerprint density at radius 3 is 2.04 bits per heavy atom. The summed E-state index contributed by atoms with van der Waals surface area (Å²) in [5.74, 6) is -2.33. The molecule has 0 spiro atoms. The number of likely N-dealkylation sites (tertiary alicyclic amines) is 1. The monoisotopic (exact) mass is 420 g/mol. The Bertz CT molecular complexity index is 690. The normalized spacial score (nSPS) is 17.1. The molecule has 0 radical (unpaired) electrons. The molecule has 0 bridgehead atoms. The van der Waals surface area contributed by atoms with E-state index in [1.54, 1.807) is 11.8 Å². The van der Waals surface area contributed by atoms with Gasteiger partial charge in [0.1, 0.15) is 5.78 Å². The smallest absolute Gasteiger partial charge is 0.475 e. The molecule has 156 valence electrons. The van der Waals surface area contributed by atoms with Gasteiger partial charge in [0.2, 0.25) is 5.91 Å². The number of ketones is 1. The number of hydrogen-bond donors (Lipinski definition) is 3. The second kappa shape index (κ2) is 9.92. The van der Waals surface area contributed by atoms with Crippen molar-refractivity contribution in [1.82, 2.24) is 4.90 Å². The maximum absolute atomic E-state index is 12.2. The van der Waals surface area contributed by atoms with Crippen molar-refractivity contribution in [3.8, 4) is 0 Å². The quantitative estimate of drug-likeness (QED) is 0.647. The molecule has 6 nitrogen and oxygen atoms in total. The Hall–Kier alpha value is -2.07. The number of carboxylic acid groups (broad SMARTS) is 1. The molecule has 3 N–H and O–H groups in total. The van der Waals surface area contributed by atoms with Crippen LogP contribution in [-0.2, 0) is 19.8 Å². The predicted molar refractivity (Wildman–Crippen MR) is 100 cm³/mol. The van der Waals surface area contributed by atoms with Crippen LogP contribution in [0.3, 0.4) is 0 Å². The number of alkyl halides is 3. The van der Waals surface area contributed by atoms with Gasteiger partial charge in [-0.2, -0.15) is 25.8 Å². The molecule has 0 aliphatic carbocycles. The molecule has 1 aliphatic rings. The molecule has 1 aromatic rings. The maximum Gasteiger partial charge on any atom is 0.490 e. The number of thiol groups is 1. The average Bonchev–Trinajstić information content (AvgIpc) is 2.67. The highest BCUT2D eigenvalue weighted by Crippen LogP contribution is 2.36. The molecule has 1 aromatic carbocycles. The van der Waals surface area contributed by atoms with Crippen LogP contribution < -0.4 is 5.73 Å². The third-order valence-electron chi connectivity index (χ3n) is 4.69. The summed E-state index contributed by atoms with van der Waals surface area (Å²) >= 11 is 4.07. The van der Waals surface area contributed by atoms with Gasteiger partial charge in [-0.25, -0.2) is 4.79 Å². The van der Waals surface area contributed by atoms with E-state index < -0.39 is 23.6 Å². The van der Waals surface area contributed by atoms with E-state index in [1.807, 2.05) is 30.3 Å². The lowest BCUT2D eigenvalue weighted by molar-refractivity contribution is -0.192. The molecule has 1 amide bonds. The summed E-state index contributed by atoms with van der Waals surface area (Å²) in [5, 5.41) is 7.12. The Kier molecular flexibility index (Phi) is 8.49. The largest absolute Gasteiger partial charge is 0.490 e. The van der Waals surface area contributed by atoms with Gasteiger partial charge in [-0.05, 0) is 25.3 Å². The summed E-state index contributed by atoms with van der Waals surface area (Å²) in [5.41, 5.74) is 6.33. The summed E-state index contributed by atoms with van der Waals surface area (Å²) in [6.45, 7) is 2.77. The number of aliphatic carboxylic acids is 1. The number of piperidine rings is 1. The van der Waals surface area contributed by atoms with Gasteiger partial charge < -0.3 is 15.7 Å². The van der Waals surface area contributed by atoms with Gasteiger partial charge in [-0.3, -0.25) is 9.59 Å². The van der Waals surface area contributed by atoms with Crippen molar-refractivity contribution in [2.75, 3.05) is 18.8 Å². The van der Waals surface area contributed by atoms with E-state index in [9.17, 15) is 22.8 Å². The first-order valence-corrected chi connectivity index (χ1v) is 9.11. The zero-order valence-electron chi connectivity index (χ0n) is 15.3. The van der Waals surface area contributed by atoms with Crippen molar-refractivity contribution in [3.63, 3.8) is 0 Å². The lowest BCUT2D eigenvalue weighted by Crippen LogP contribution is -2.52. The lowest BCUT2D eigenvalue weighted by Gasteiger charge is -2.41. The minimum Gasteiger partial charge on any atom is -0.475 e. The first-order chi connectivity index (χ1) is 13.0. The highest BCUT2D eigenvalue weighted by atomic mass is 32.1. The first-order valence-electron chi connectivity index (χ1n) is 8.47. The Morgan fingerprint density at radius 1 is 1.21 bits per heavy atom. The van der Waals surface area contributed by atoms with Gasteiger partial charge in [0.25, 0.3) is 0 Å². The van der Waals surface area contributed by atoms with E-state index in [0.29, 0.717) is 31.7 Å². The third-order valence-corrected chi connectivity index (χ3v) is 5.08. The van der Waals surface area contributed by atoms with Gasteiger partial charge in [0, 0.05) is 18.8 Å². The molecule has 0 unspecified atom stereocenters. The average molecular weight is 420 g/mol. The van der Waals surface area contributed by atoms with E-state index >= 15 is 0 Å². The standard InChI is InChI=1S/C16H22N2O2S.C2HF3O2/c1-12(19)16(13-5-3-2-4-6-13)7-9-18(10-8-16)15(20)14(17)11-21;3-2(4,5)1(6)7/h2-6,14,21H,7-11,17H2,1H3;(H,6,7)/t14-;/m0./s1. The number of carbonyl (C=O) groups is 3. The fourth-order valence-electron chi connectivity index (χ4n) is 3.02. The van der Waals surface area contributed by atoms with Gasteiger partial charge in [-0.1, -0.05) is 30.3 Å². The summed E-state index contributed by atoms with van der Waals surface area (Å²) in [6, 6.07) is 9.29. The van der Waals surface area contributed by atoms with Crippen molar-refractivity contribution in [3.05, 3.63) is 35.9 Å². The number of halogens is 3. The van der Waals surface area contributed by atoms with Crippen LogP contribution in [-0.4, -0.2) is 58.7 Å². The minimum atomic E-state index is -5.08. The molecular formula is C18H23F3N2O4S. The molecule has 2 rings (SSSR count). The van der Waals surface area contributed by atoms with Crippen molar-refractivity contribution < 1.29 is 32.7 Å². The zero-order valence-corrected chi connectivity index (χ0v) is 16.2. The predicted octanol–water partition coefficient (Wildman–Crippen LogP) is 2.03. The van der Waals surface area contributed by atoms with Crippen molar-refractivity contribution >= 4 is 30.3 Å². The molecule has 1 saturated heterocycles. The van der Waals surface area contributed by atoms with E-state index in [0.717, 1.165) is 5.56 Å². The second-order valence-corrected chi connectivity index (χ2v) is 6.79. The van der Waals surface area contributed by atoms with Crippen LogP contribution in [0.1, 0.15) is 25.3 Å². The molecule has 0 aromatic heterocycles. The zero-order chi connectivity index (χ0) is 21.5. The maximum atomic E-state index is 12.2. The van der Waals surface area contributed by atoms with Crippen LogP contribution in [0.2, 0.25) is 0 Å². The lowest BCUT2D eigenvalue weighted by atomic mass is 9.70. The number of carboxylic acids is 1. The van der Waals surface area contributed by atoms with Gasteiger partial charge in [-0.15, -0.1) is 0 Å². The third kappa shape index (κ3) is 5.96.